The SMILES string of the molecule is NC(=O)C[C@H]([NH3+])C(=O)Nc1ccccc1NC(=O)CCCCCC(=O)Nc1cccc(Br)c1. The number of anilines is 3. The Balaban J connectivity index is 1.72. The Labute approximate surface area is 200 Å². The van der Waals surface area contributed by atoms with Crippen molar-refractivity contribution in [3.63, 3.8) is 0 Å². The van der Waals surface area contributed by atoms with Gasteiger partial charge in [-0.3, -0.25) is 19.2 Å². The summed E-state index contributed by atoms with van der Waals surface area (Å²) in [6.45, 7) is 0. The maximum Gasteiger partial charge on any atom is 0.283 e. The summed E-state index contributed by atoms with van der Waals surface area (Å²) in [6.07, 6.45) is 2.53. The van der Waals surface area contributed by atoms with Crippen LogP contribution in [0.15, 0.2) is 53.0 Å². The zero-order valence-electron chi connectivity index (χ0n) is 18.2. The average Bonchev–Trinajstić information content (AvgIpc) is 2.74. The lowest BCUT2D eigenvalue weighted by Crippen LogP contribution is -2.67. The van der Waals surface area contributed by atoms with Gasteiger partial charge in [0, 0.05) is 23.0 Å². The Morgan fingerprint density at radius 1 is 0.848 bits per heavy atom. The van der Waals surface area contributed by atoms with Crippen LogP contribution in [0.1, 0.15) is 38.5 Å². The van der Waals surface area contributed by atoms with E-state index in [1.165, 1.54) is 0 Å². The third-order valence-electron chi connectivity index (χ3n) is 4.69. The van der Waals surface area contributed by atoms with E-state index in [0.29, 0.717) is 30.6 Å². The lowest BCUT2D eigenvalue weighted by molar-refractivity contribution is -0.401. The predicted molar refractivity (Wildman–Crippen MR) is 130 cm³/mol. The zero-order chi connectivity index (χ0) is 24.2. The number of carbonyl (C=O) groups is 4. The molecule has 0 saturated carbocycles. The molecule has 0 bridgehead atoms. The number of primary amides is 1. The van der Waals surface area contributed by atoms with Crippen molar-refractivity contribution in [2.24, 2.45) is 5.73 Å². The van der Waals surface area contributed by atoms with Crippen molar-refractivity contribution in [1.29, 1.82) is 0 Å². The number of nitrogens with one attached hydrogen (secondary N) is 3. The van der Waals surface area contributed by atoms with Gasteiger partial charge in [0.2, 0.25) is 17.7 Å². The van der Waals surface area contributed by atoms with Crippen molar-refractivity contribution in [1.82, 2.24) is 0 Å². The minimum atomic E-state index is -0.827. The van der Waals surface area contributed by atoms with Crippen molar-refractivity contribution in [2.75, 3.05) is 16.0 Å². The van der Waals surface area contributed by atoms with Crippen LogP contribution in [0.5, 0.6) is 0 Å². The monoisotopic (exact) mass is 518 g/mol. The van der Waals surface area contributed by atoms with Crippen molar-refractivity contribution in [3.8, 4) is 0 Å². The van der Waals surface area contributed by atoms with Crippen LogP contribution in [0.25, 0.3) is 0 Å². The fraction of sp³-hybridized carbons (Fsp3) is 0.304. The zero-order valence-corrected chi connectivity index (χ0v) is 19.8. The Kier molecular flexibility index (Phi) is 10.5. The first-order valence-electron chi connectivity index (χ1n) is 10.6. The first kappa shape index (κ1) is 26.0. The molecule has 0 heterocycles. The largest absolute Gasteiger partial charge is 0.369 e. The van der Waals surface area contributed by atoms with Crippen LogP contribution in [-0.4, -0.2) is 29.7 Å². The minimum absolute atomic E-state index is 0.0673. The van der Waals surface area contributed by atoms with E-state index in [9.17, 15) is 19.2 Å². The van der Waals surface area contributed by atoms with Gasteiger partial charge >= 0.3 is 0 Å². The van der Waals surface area contributed by atoms with Gasteiger partial charge < -0.3 is 27.4 Å². The highest BCUT2D eigenvalue weighted by molar-refractivity contribution is 9.10. The molecule has 8 N–H and O–H groups in total. The van der Waals surface area contributed by atoms with E-state index < -0.39 is 17.9 Å². The third-order valence-corrected chi connectivity index (χ3v) is 5.19. The van der Waals surface area contributed by atoms with Crippen LogP contribution in [0.3, 0.4) is 0 Å². The number of amides is 4. The normalized spacial score (nSPS) is 11.3. The Hall–Kier alpha value is -3.24. The molecule has 0 fully saturated rings. The van der Waals surface area contributed by atoms with Crippen molar-refractivity contribution >= 4 is 56.6 Å². The van der Waals surface area contributed by atoms with Gasteiger partial charge in [0.1, 0.15) is 0 Å². The maximum absolute atomic E-state index is 12.3. The molecule has 2 aromatic rings. The highest BCUT2D eigenvalue weighted by atomic mass is 79.9. The van der Waals surface area contributed by atoms with Gasteiger partial charge in [0.15, 0.2) is 6.04 Å². The maximum atomic E-state index is 12.3. The average molecular weight is 519 g/mol. The summed E-state index contributed by atoms with van der Waals surface area (Å²) in [5.41, 5.74) is 10.3. The number of hydrogen-bond donors (Lipinski definition) is 5. The van der Waals surface area contributed by atoms with E-state index in [1.807, 2.05) is 24.3 Å². The van der Waals surface area contributed by atoms with Gasteiger partial charge in [0.25, 0.3) is 5.91 Å². The summed E-state index contributed by atoms with van der Waals surface area (Å²) in [4.78, 5) is 47.5. The summed E-state index contributed by atoms with van der Waals surface area (Å²) in [7, 11) is 0. The molecule has 0 radical (unpaired) electrons. The number of quaternary nitrogens is 1. The van der Waals surface area contributed by atoms with Crippen molar-refractivity contribution in [3.05, 3.63) is 53.0 Å². The Bertz CT molecular complexity index is 998. The third kappa shape index (κ3) is 9.84. The van der Waals surface area contributed by atoms with Crippen LogP contribution in [0, 0.1) is 0 Å². The van der Waals surface area contributed by atoms with Gasteiger partial charge in [-0.15, -0.1) is 0 Å². The molecular formula is C23H29BrN5O4+. The number of hydrogen-bond acceptors (Lipinski definition) is 4. The van der Waals surface area contributed by atoms with Gasteiger partial charge in [-0.05, 0) is 43.2 Å². The van der Waals surface area contributed by atoms with Gasteiger partial charge in [-0.1, -0.05) is 40.5 Å². The number of benzene rings is 2. The van der Waals surface area contributed by atoms with E-state index >= 15 is 0 Å². The van der Waals surface area contributed by atoms with Gasteiger partial charge in [-0.2, -0.15) is 0 Å². The molecule has 0 aliphatic carbocycles. The van der Waals surface area contributed by atoms with Crippen molar-refractivity contribution < 1.29 is 24.9 Å². The number of para-hydroxylation sites is 2. The van der Waals surface area contributed by atoms with E-state index in [-0.39, 0.29) is 24.7 Å². The second kappa shape index (κ2) is 13.3. The summed E-state index contributed by atoms with van der Waals surface area (Å²) < 4.78 is 0.893. The summed E-state index contributed by atoms with van der Waals surface area (Å²) in [6, 6.07) is 13.3. The quantitative estimate of drug-likeness (QED) is 0.273. The summed E-state index contributed by atoms with van der Waals surface area (Å²) in [5, 5.41) is 8.29. The second-order valence-electron chi connectivity index (χ2n) is 7.57. The molecule has 0 saturated heterocycles. The fourth-order valence-corrected chi connectivity index (χ4v) is 3.42. The van der Waals surface area contributed by atoms with E-state index in [0.717, 1.165) is 16.6 Å². The Morgan fingerprint density at radius 3 is 2.06 bits per heavy atom. The Morgan fingerprint density at radius 2 is 1.45 bits per heavy atom. The lowest BCUT2D eigenvalue weighted by atomic mass is 10.1. The molecule has 0 aliphatic heterocycles. The summed E-state index contributed by atoms with van der Waals surface area (Å²) in [5.74, 6) is -1.34. The molecule has 0 aliphatic rings. The van der Waals surface area contributed by atoms with Crippen LogP contribution in [-0.2, 0) is 19.2 Å². The molecule has 0 unspecified atom stereocenters. The smallest absolute Gasteiger partial charge is 0.283 e. The number of rotatable bonds is 12. The molecular weight excluding hydrogens is 490 g/mol. The standard InChI is InChI=1S/C23H28BrN5O4/c24-15-7-6-8-16(13-15)27-21(31)11-2-1-3-12-22(32)28-18-9-4-5-10-19(18)29-23(33)17(25)14-20(26)30/h4-10,13,17H,1-3,11-12,14,25H2,(H2,26,30)(H,27,31)(H,28,32)(H,29,33)/p+1/t17-/m0/s1. The van der Waals surface area contributed by atoms with E-state index in [1.54, 1.807) is 24.3 Å². The topological polar surface area (TPSA) is 158 Å². The van der Waals surface area contributed by atoms with Gasteiger partial charge in [0.05, 0.1) is 17.8 Å². The first-order valence-corrected chi connectivity index (χ1v) is 11.4. The summed E-state index contributed by atoms with van der Waals surface area (Å²) >= 11 is 3.36. The molecule has 0 aromatic heterocycles. The molecule has 0 spiro atoms. The van der Waals surface area contributed by atoms with E-state index in [4.69, 9.17) is 5.73 Å². The molecule has 2 aromatic carbocycles. The highest BCUT2D eigenvalue weighted by Crippen LogP contribution is 2.22. The number of unbranched alkanes of at least 4 members (excludes halogenated alkanes) is 2. The molecule has 176 valence electrons. The molecule has 1 atom stereocenters. The predicted octanol–water partition coefficient (Wildman–Crippen LogP) is 2.40. The highest BCUT2D eigenvalue weighted by Gasteiger charge is 2.21. The molecule has 4 amide bonds. The number of carbonyl (C=O) groups excluding carboxylic acids is 4. The van der Waals surface area contributed by atoms with Crippen LogP contribution >= 0.6 is 15.9 Å². The molecule has 10 heteroatoms. The first-order chi connectivity index (χ1) is 15.7. The van der Waals surface area contributed by atoms with Crippen LogP contribution in [0.4, 0.5) is 17.1 Å². The lowest BCUT2D eigenvalue weighted by Gasteiger charge is -2.13. The fourth-order valence-electron chi connectivity index (χ4n) is 3.02. The van der Waals surface area contributed by atoms with E-state index in [2.05, 4.69) is 37.6 Å². The molecule has 2 rings (SSSR count). The molecule has 9 nitrogen and oxygen atoms in total. The van der Waals surface area contributed by atoms with Crippen LogP contribution in [0.2, 0.25) is 0 Å². The van der Waals surface area contributed by atoms with Gasteiger partial charge in [-0.25, -0.2) is 0 Å². The minimum Gasteiger partial charge on any atom is -0.369 e. The number of halogens is 1. The second-order valence-corrected chi connectivity index (χ2v) is 8.49. The molecule has 33 heavy (non-hydrogen) atoms. The number of nitrogens with two attached hydrogens (primary N) is 1. The van der Waals surface area contributed by atoms with Crippen LogP contribution < -0.4 is 27.4 Å². The van der Waals surface area contributed by atoms with Crippen molar-refractivity contribution in [2.45, 2.75) is 44.6 Å².